The van der Waals surface area contributed by atoms with E-state index in [2.05, 4.69) is 4.57 Å². The van der Waals surface area contributed by atoms with E-state index in [0.29, 0.717) is 17.7 Å². The van der Waals surface area contributed by atoms with Crippen LogP contribution in [0.25, 0.3) is 0 Å². The summed E-state index contributed by atoms with van der Waals surface area (Å²) >= 11 is 1.61. The molecule has 0 bridgehead atoms. The fraction of sp³-hybridized carbons (Fsp3) is 0.611. The van der Waals surface area contributed by atoms with E-state index in [0.717, 1.165) is 24.4 Å². The van der Waals surface area contributed by atoms with Crippen LogP contribution in [0.5, 0.6) is 0 Å². The Hall–Kier alpha value is -1.76. The van der Waals surface area contributed by atoms with Crippen LogP contribution < -0.4 is 0 Å². The van der Waals surface area contributed by atoms with Gasteiger partial charge in [0.25, 0.3) is 0 Å². The minimum atomic E-state index is -0.583. The van der Waals surface area contributed by atoms with E-state index < -0.39 is 12.0 Å². The van der Waals surface area contributed by atoms with Crippen LogP contribution >= 0.6 is 11.8 Å². The second kappa shape index (κ2) is 6.52. The molecule has 7 heteroatoms. The van der Waals surface area contributed by atoms with E-state index in [1.54, 1.807) is 16.7 Å². The molecule has 0 aromatic carbocycles. The van der Waals surface area contributed by atoms with Crippen LogP contribution in [0, 0.1) is 13.8 Å². The standard InChI is InChI=1S/C18H24N2O4S/c1-5-19-11(2)8-13(12(19)3)15(21)9-24-17(23)14-10-25-18(4)7-6-16(22)20(14)18/h8,14H,5-7,9-10H2,1-4H3/t14-,18-/m1/s1. The van der Waals surface area contributed by atoms with Crippen molar-refractivity contribution >= 4 is 29.4 Å². The quantitative estimate of drug-likeness (QED) is 0.592. The predicted octanol–water partition coefficient (Wildman–Crippen LogP) is 2.30. The molecular formula is C18H24N2O4S. The molecule has 3 rings (SSSR count). The third kappa shape index (κ3) is 2.99. The van der Waals surface area contributed by atoms with E-state index in [4.69, 9.17) is 4.74 Å². The van der Waals surface area contributed by atoms with E-state index in [9.17, 15) is 14.4 Å². The molecule has 0 spiro atoms. The van der Waals surface area contributed by atoms with Crippen LogP contribution in [-0.4, -0.2) is 50.4 Å². The van der Waals surface area contributed by atoms with E-state index in [-0.39, 0.29) is 23.2 Å². The van der Waals surface area contributed by atoms with Crippen molar-refractivity contribution in [3.05, 3.63) is 23.0 Å². The van der Waals surface area contributed by atoms with Gasteiger partial charge in [0.2, 0.25) is 11.7 Å². The van der Waals surface area contributed by atoms with Crippen LogP contribution in [0.3, 0.4) is 0 Å². The van der Waals surface area contributed by atoms with Gasteiger partial charge in [-0.25, -0.2) is 4.79 Å². The summed E-state index contributed by atoms with van der Waals surface area (Å²) < 4.78 is 7.33. The Balaban J connectivity index is 1.65. The number of aromatic nitrogens is 1. The van der Waals surface area contributed by atoms with Gasteiger partial charge in [-0.3, -0.25) is 9.59 Å². The molecule has 25 heavy (non-hydrogen) atoms. The molecule has 2 saturated heterocycles. The van der Waals surface area contributed by atoms with Crippen molar-refractivity contribution in [1.29, 1.82) is 0 Å². The summed E-state index contributed by atoms with van der Waals surface area (Å²) in [6.07, 6.45) is 1.22. The van der Waals surface area contributed by atoms with Crippen molar-refractivity contribution in [1.82, 2.24) is 9.47 Å². The number of aryl methyl sites for hydroxylation is 1. The third-order valence-electron chi connectivity index (χ3n) is 5.25. The Morgan fingerprint density at radius 1 is 1.40 bits per heavy atom. The van der Waals surface area contributed by atoms with Crippen LogP contribution in [0.4, 0.5) is 0 Å². The van der Waals surface area contributed by atoms with E-state index in [1.165, 1.54) is 0 Å². The summed E-state index contributed by atoms with van der Waals surface area (Å²) in [6.45, 7) is 8.37. The molecular weight excluding hydrogens is 340 g/mol. The van der Waals surface area contributed by atoms with Gasteiger partial charge >= 0.3 is 5.97 Å². The zero-order valence-electron chi connectivity index (χ0n) is 15.1. The Morgan fingerprint density at radius 3 is 2.76 bits per heavy atom. The molecule has 1 aromatic heterocycles. The number of thioether (sulfide) groups is 1. The van der Waals surface area contributed by atoms with Crippen molar-refractivity contribution in [3.63, 3.8) is 0 Å². The fourth-order valence-corrected chi connectivity index (χ4v) is 5.29. The summed E-state index contributed by atoms with van der Waals surface area (Å²) in [5.74, 6) is -0.168. The van der Waals surface area contributed by atoms with Gasteiger partial charge in [-0.2, -0.15) is 0 Å². The summed E-state index contributed by atoms with van der Waals surface area (Å²) in [6, 6.07) is 1.25. The molecule has 3 heterocycles. The van der Waals surface area contributed by atoms with Gasteiger partial charge in [0.1, 0.15) is 6.04 Å². The second-order valence-electron chi connectivity index (χ2n) is 6.83. The lowest BCUT2D eigenvalue weighted by Crippen LogP contribution is -2.46. The van der Waals surface area contributed by atoms with Gasteiger partial charge in [0.15, 0.2) is 6.61 Å². The normalized spacial score (nSPS) is 25.4. The van der Waals surface area contributed by atoms with E-state index >= 15 is 0 Å². The highest BCUT2D eigenvalue weighted by Gasteiger charge is 2.53. The number of hydrogen-bond donors (Lipinski definition) is 0. The van der Waals surface area contributed by atoms with Gasteiger partial charge in [-0.05, 0) is 40.2 Å². The molecule has 2 aliphatic heterocycles. The maximum Gasteiger partial charge on any atom is 0.330 e. The topological polar surface area (TPSA) is 68.6 Å². The molecule has 1 amide bonds. The maximum atomic E-state index is 12.4. The van der Waals surface area contributed by atoms with Gasteiger partial charge < -0.3 is 14.2 Å². The summed E-state index contributed by atoms with van der Waals surface area (Å²) in [4.78, 5) is 38.3. The number of ketones is 1. The van der Waals surface area contributed by atoms with E-state index in [1.807, 2.05) is 33.8 Å². The van der Waals surface area contributed by atoms with Gasteiger partial charge in [-0.15, -0.1) is 11.8 Å². The smallest absolute Gasteiger partial charge is 0.330 e. The number of carbonyl (C=O) groups is 3. The average molecular weight is 364 g/mol. The van der Waals surface area contributed by atoms with Crippen molar-refractivity contribution in [2.75, 3.05) is 12.4 Å². The zero-order valence-corrected chi connectivity index (χ0v) is 15.9. The summed E-state index contributed by atoms with van der Waals surface area (Å²) in [5, 5.41) is 0. The number of ether oxygens (including phenoxy) is 1. The highest BCUT2D eigenvalue weighted by Crippen LogP contribution is 2.47. The number of amides is 1. The molecule has 0 aliphatic carbocycles. The average Bonchev–Trinajstić information content (AvgIpc) is 3.16. The molecule has 0 unspecified atom stereocenters. The largest absolute Gasteiger partial charge is 0.456 e. The predicted molar refractivity (Wildman–Crippen MR) is 95.6 cm³/mol. The number of fused-ring (bicyclic) bond motifs is 1. The lowest BCUT2D eigenvalue weighted by atomic mass is 10.1. The van der Waals surface area contributed by atoms with Crippen molar-refractivity contribution in [2.45, 2.75) is 58.0 Å². The fourth-order valence-electron chi connectivity index (χ4n) is 3.88. The number of nitrogens with zero attached hydrogens (tertiary/aromatic N) is 2. The number of carbonyl (C=O) groups excluding carboxylic acids is 3. The maximum absolute atomic E-state index is 12.4. The van der Waals surface area contributed by atoms with Gasteiger partial charge in [-0.1, -0.05) is 0 Å². The highest BCUT2D eigenvalue weighted by atomic mass is 32.2. The molecule has 6 nitrogen and oxygen atoms in total. The van der Waals surface area contributed by atoms with Crippen LogP contribution in [0.2, 0.25) is 0 Å². The Morgan fingerprint density at radius 2 is 2.12 bits per heavy atom. The SMILES string of the molecule is CCn1c(C)cc(C(=O)COC(=O)[C@H]2CS[C@]3(C)CCC(=O)N23)c1C. The highest BCUT2D eigenvalue weighted by molar-refractivity contribution is 8.01. The first-order chi connectivity index (χ1) is 11.8. The van der Waals surface area contributed by atoms with Crippen molar-refractivity contribution in [2.24, 2.45) is 0 Å². The Bertz CT molecular complexity index is 742. The minimum absolute atomic E-state index is 0.00716. The number of Topliss-reactive ketones (excluding diaryl/α,β-unsaturated/α-hetero) is 1. The first-order valence-electron chi connectivity index (χ1n) is 8.61. The monoisotopic (exact) mass is 364 g/mol. The molecule has 0 N–H and O–H groups in total. The molecule has 2 aliphatic rings. The van der Waals surface area contributed by atoms with Crippen molar-refractivity contribution < 1.29 is 19.1 Å². The third-order valence-corrected chi connectivity index (χ3v) is 6.76. The Kier molecular flexibility index (Phi) is 4.70. The number of hydrogen-bond acceptors (Lipinski definition) is 5. The van der Waals surface area contributed by atoms with Crippen LogP contribution in [0.1, 0.15) is 48.4 Å². The number of rotatable bonds is 5. The molecule has 2 fully saturated rings. The summed E-state index contributed by atoms with van der Waals surface area (Å²) in [5.41, 5.74) is 2.50. The molecule has 0 saturated carbocycles. The van der Waals surface area contributed by atoms with Crippen molar-refractivity contribution in [3.8, 4) is 0 Å². The first kappa shape index (κ1) is 18.0. The molecule has 1 aromatic rings. The lowest BCUT2D eigenvalue weighted by Gasteiger charge is -2.29. The Labute approximate surface area is 151 Å². The first-order valence-corrected chi connectivity index (χ1v) is 9.59. The zero-order chi connectivity index (χ0) is 18.4. The molecule has 2 atom stereocenters. The molecule has 136 valence electrons. The second-order valence-corrected chi connectivity index (χ2v) is 8.33. The molecule has 0 radical (unpaired) electrons. The van der Waals surface area contributed by atoms with Gasteiger partial charge in [0, 0.05) is 35.7 Å². The van der Waals surface area contributed by atoms with Gasteiger partial charge in [0.05, 0.1) is 4.87 Å². The summed E-state index contributed by atoms with van der Waals surface area (Å²) in [7, 11) is 0. The van der Waals surface area contributed by atoms with Crippen LogP contribution in [-0.2, 0) is 20.9 Å². The lowest BCUT2D eigenvalue weighted by molar-refractivity contribution is -0.152. The minimum Gasteiger partial charge on any atom is -0.456 e. The number of esters is 1. The van der Waals surface area contributed by atoms with Crippen LogP contribution in [0.15, 0.2) is 6.07 Å².